The predicted octanol–water partition coefficient (Wildman–Crippen LogP) is 3.59. The van der Waals surface area contributed by atoms with Crippen molar-refractivity contribution >= 4 is 8.03 Å². The molecule has 0 aromatic heterocycles. The normalized spacial score (nSPS) is 12.1. The average molecular weight is 262 g/mol. The van der Waals surface area contributed by atoms with Crippen LogP contribution in [-0.4, -0.2) is 11.1 Å². The summed E-state index contributed by atoms with van der Waals surface area (Å²) in [5.41, 5.74) is 0. The van der Waals surface area contributed by atoms with Gasteiger partial charge in [0, 0.05) is 23.2 Å². The van der Waals surface area contributed by atoms with Crippen LogP contribution in [0.3, 0.4) is 0 Å². The van der Waals surface area contributed by atoms with E-state index in [2.05, 4.69) is 6.92 Å². The summed E-state index contributed by atoms with van der Waals surface area (Å²) in [5.74, 6) is 0. The SMILES string of the molecule is CCCCCCCCCC[PH](=O)O.[Fe]. The Balaban J connectivity index is 0. The summed E-state index contributed by atoms with van der Waals surface area (Å²) in [6.07, 6.45) is 10.5. The Morgan fingerprint density at radius 2 is 1.36 bits per heavy atom. The minimum absolute atomic E-state index is 0. The second-order valence-electron chi connectivity index (χ2n) is 3.62. The van der Waals surface area contributed by atoms with Crippen LogP contribution < -0.4 is 0 Å². The average Bonchev–Trinajstić information content (AvgIpc) is 2.09. The monoisotopic (exact) mass is 262 g/mol. The van der Waals surface area contributed by atoms with Gasteiger partial charge in [-0.15, -0.1) is 0 Å². The zero-order chi connectivity index (χ0) is 9.94. The molecular weight excluding hydrogens is 239 g/mol. The van der Waals surface area contributed by atoms with Gasteiger partial charge < -0.3 is 4.89 Å². The quantitative estimate of drug-likeness (QED) is 0.391. The molecule has 0 spiro atoms. The van der Waals surface area contributed by atoms with Crippen LogP contribution in [0.15, 0.2) is 0 Å². The van der Waals surface area contributed by atoms with E-state index in [4.69, 9.17) is 4.89 Å². The molecule has 0 saturated carbocycles. The van der Waals surface area contributed by atoms with Gasteiger partial charge >= 0.3 is 0 Å². The molecule has 0 aromatic rings. The third-order valence-electron chi connectivity index (χ3n) is 2.24. The fourth-order valence-electron chi connectivity index (χ4n) is 1.41. The first kappa shape index (κ1) is 17.1. The van der Waals surface area contributed by atoms with Crippen molar-refractivity contribution in [1.82, 2.24) is 0 Å². The van der Waals surface area contributed by atoms with Gasteiger partial charge in [0.05, 0.1) is 0 Å². The molecule has 0 aliphatic rings. The van der Waals surface area contributed by atoms with Gasteiger partial charge in [-0.25, -0.2) is 0 Å². The fraction of sp³-hybridized carbons (Fsp3) is 1.00. The smallest absolute Gasteiger partial charge is 0.189 e. The number of unbranched alkanes of at least 4 members (excludes halogenated alkanes) is 7. The summed E-state index contributed by atoms with van der Waals surface area (Å²) in [6.45, 7) is 2.22. The maximum atomic E-state index is 10.4. The Morgan fingerprint density at radius 3 is 1.79 bits per heavy atom. The summed E-state index contributed by atoms with van der Waals surface area (Å²) < 4.78 is 10.4. The molecule has 0 rings (SSSR count). The van der Waals surface area contributed by atoms with Crippen molar-refractivity contribution in [2.75, 3.05) is 6.16 Å². The van der Waals surface area contributed by atoms with Gasteiger partial charge in [0.15, 0.2) is 8.03 Å². The largest absolute Gasteiger partial charge is 0.346 e. The first-order valence-corrected chi connectivity index (χ1v) is 7.05. The van der Waals surface area contributed by atoms with E-state index in [9.17, 15) is 4.57 Å². The van der Waals surface area contributed by atoms with E-state index in [1.54, 1.807) is 0 Å². The molecule has 2 nitrogen and oxygen atoms in total. The van der Waals surface area contributed by atoms with Crippen molar-refractivity contribution in [1.29, 1.82) is 0 Å². The van der Waals surface area contributed by atoms with Crippen molar-refractivity contribution in [2.45, 2.75) is 58.3 Å². The molecule has 1 atom stereocenters. The molecule has 0 radical (unpaired) electrons. The van der Waals surface area contributed by atoms with Crippen LogP contribution in [0.1, 0.15) is 58.3 Å². The van der Waals surface area contributed by atoms with E-state index < -0.39 is 8.03 Å². The Morgan fingerprint density at radius 1 is 0.929 bits per heavy atom. The number of hydrogen-bond donors (Lipinski definition) is 1. The third-order valence-corrected chi connectivity index (χ3v) is 3.03. The van der Waals surface area contributed by atoms with Crippen molar-refractivity contribution in [3.8, 4) is 0 Å². The summed E-state index contributed by atoms with van der Waals surface area (Å²) in [4.78, 5) is 8.57. The van der Waals surface area contributed by atoms with Gasteiger partial charge in [-0.1, -0.05) is 51.9 Å². The second kappa shape index (κ2) is 13.7. The molecule has 88 valence electrons. The fourth-order valence-corrected chi connectivity index (χ4v) is 1.96. The van der Waals surface area contributed by atoms with Gasteiger partial charge in [-0.3, -0.25) is 4.57 Å². The van der Waals surface area contributed by atoms with Gasteiger partial charge in [-0.05, 0) is 6.42 Å². The minimum atomic E-state index is -2.19. The van der Waals surface area contributed by atoms with E-state index in [1.165, 1.54) is 38.5 Å². The summed E-state index contributed by atoms with van der Waals surface area (Å²) in [6, 6.07) is 0. The van der Waals surface area contributed by atoms with Crippen molar-refractivity contribution < 1.29 is 26.5 Å². The zero-order valence-electron chi connectivity index (χ0n) is 9.07. The standard InChI is InChI=1S/C10H23O2P.Fe/c1-2-3-4-5-6-7-8-9-10-13(11)12;/h13H,2-10H2,1H3,(H,11,12);. The Hall–Kier alpha value is 0.709. The van der Waals surface area contributed by atoms with Crippen LogP contribution in [0, 0.1) is 0 Å². The van der Waals surface area contributed by atoms with Crippen molar-refractivity contribution in [2.24, 2.45) is 0 Å². The molecule has 0 aliphatic carbocycles. The van der Waals surface area contributed by atoms with E-state index in [0.29, 0.717) is 6.16 Å². The van der Waals surface area contributed by atoms with Gasteiger partial charge in [0.2, 0.25) is 0 Å². The topological polar surface area (TPSA) is 37.3 Å². The van der Waals surface area contributed by atoms with E-state index in [1.807, 2.05) is 0 Å². The maximum absolute atomic E-state index is 10.4. The van der Waals surface area contributed by atoms with Crippen LogP contribution in [0.5, 0.6) is 0 Å². The molecule has 0 saturated heterocycles. The molecule has 0 aromatic carbocycles. The molecule has 1 unspecified atom stereocenters. The first-order chi connectivity index (χ1) is 6.27. The van der Waals surface area contributed by atoms with Crippen LogP contribution in [0.25, 0.3) is 0 Å². The van der Waals surface area contributed by atoms with Crippen LogP contribution in [0.2, 0.25) is 0 Å². The minimum Gasteiger partial charge on any atom is -0.346 e. The van der Waals surface area contributed by atoms with Gasteiger partial charge in [-0.2, -0.15) is 0 Å². The summed E-state index contributed by atoms with van der Waals surface area (Å²) in [5, 5.41) is 0. The van der Waals surface area contributed by atoms with Crippen molar-refractivity contribution in [3.05, 3.63) is 0 Å². The first-order valence-electron chi connectivity index (χ1n) is 5.49. The molecule has 1 N–H and O–H groups in total. The molecule has 0 heterocycles. The molecule has 0 aliphatic heterocycles. The summed E-state index contributed by atoms with van der Waals surface area (Å²) >= 11 is 0. The van der Waals surface area contributed by atoms with Crippen LogP contribution in [-0.2, 0) is 21.6 Å². The van der Waals surface area contributed by atoms with E-state index in [-0.39, 0.29) is 17.1 Å². The van der Waals surface area contributed by atoms with Crippen LogP contribution >= 0.6 is 8.03 Å². The zero-order valence-corrected chi connectivity index (χ0v) is 11.2. The molecule has 4 heteroatoms. The Bertz CT molecular complexity index is 131. The van der Waals surface area contributed by atoms with Gasteiger partial charge in [0.1, 0.15) is 0 Å². The Labute approximate surface area is 99.2 Å². The predicted molar refractivity (Wildman–Crippen MR) is 58.7 cm³/mol. The number of rotatable bonds is 9. The van der Waals surface area contributed by atoms with Crippen molar-refractivity contribution in [3.63, 3.8) is 0 Å². The molecule has 14 heavy (non-hydrogen) atoms. The van der Waals surface area contributed by atoms with Gasteiger partial charge in [0.25, 0.3) is 0 Å². The third kappa shape index (κ3) is 15.2. The summed E-state index contributed by atoms with van der Waals surface area (Å²) in [7, 11) is -2.19. The maximum Gasteiger partial charge on any atom is 0.189 e. The van der Waals surface area contributed by atoms with Crippen LogP contribution in [0.4, 0.5) is 0 Å². The number of hydrogen-bond acceptors (Lipinski definition) is 1. The van der Waals surface area contributed by atoms with E-state index >= 15 is 0 Å². The Kier molecular flexibility index (Phi) is 16.8. The second-order valence-corrected chi connectivity index (χ2v) is 4.91. The molecule has 0 amide bonds. The molecule has 0 bridgehead atoms. The van der Waals surface area contributed by atoms with E-state index in [0.717, 1.165) is 12.8 Å². The molecule has 0 fully saturated rings. The molecular formula is C10H23FeO2P.